The molecule has 1 fully saturated rings. The van der Waals surface area contributed by atoms with Crippen LogP contribution < -0.4 is 11.1 Å². The largest absolute Gasteiger partial charge is 0.381 e. The first-order chi connectivity index (χ1) is 9.96. The lowest BCUT2D eigenvalue weighted by atomic mass is 9.89. The Morgan fingerprint density at radius 1 is 1.41 bits per heavy atom. The van der Waals surface area contributed by atoms with Crippen LogP contribution in [0.4, 0.5) is 8.78 Å². The zero-order valence-corrected chi connectivity index (χ0v) is 13.2. The molecule has 1 atom stereocenters. The zero-order valence-electron chi connectivity index (χ0n) is 12.4. The number of rotatable bonds is 4. The third-order valence-corrected chi connectivity index (χ3v) is 3.89. The van der Waals surface area contributed by atoms with Gasteiger partial charge in [-0.2, -0.15) is 0 Å². The van der Waals surface area contributed by atoms with E-state index < -0.39 is 23.2 Å². The molecule has 2 rings (SSSR count). The van der Waals surface area contributed by atoms with Gasteiger partial charge in [-0.3, -0.25) is 4.79 Å². The summed E-state index contributed by atoms with van der Waals surface area (Å²) in [4.78, 5) is 12.4. The Kier molecular flexibility index (Phi) is 6.71. The molecule has 3 N–H and O–H groups in total. The van der Waals surface area contributed by atoms with E-state index in [1.165, 1.54) is 12.1 Å². The molecule has 0 saturated carbocycles. The predicted molar refractivity (Wildman–Crippen MR) is 81.8 cm³/mol. The molecule has 1 aliphatic heterocycles. The Morgan fingerprint density at radius 3 is 2.59 bits per heavy atom. The van der Waals surface area contributed by atoms with Gasteiger partial charge >= 0.3 is 0 Å². The summed E-state index contributed by atoms with van der Waals surface area (Å²) in [6.07, 6.45) is 1.35. The van der Waals surface area contributed by atoms with Crippen LogP contribution in [0.25, 0.3) is 0 Å². The second-order valence-electron chi connectivity index (χ2n) is 5.37. The lowest BCUT2D eigenvalue weighted by molar-refractivity contribution is -0.130. The highest BCUT2D eigenvalue weighted by atomic mass is 35.5. The highest BCUT2D eigenvalue weighted by Gasteiger charge is 2.37. The summed E-state index contributed by atoms with van der Waals surface area (Å²) in [6, 6.07) is 2.82. The maximum Gasteiger partial charge on any atom is 0.240 e. The molecule has 0 aromatic heterocycles. The molecule has 1 aromatic carbocycles. The number of carbonyl (C=O) groups is 1. The minimum absolute atomic E-state index is 0. The number of nitrogens with one attached hydrogen (secondary N) is 1. The van der Waals surface area contributed by atoms with Gasteiger partial charge in [0.2, 0.25) is 5.91 Å². The van der Waals surface area contributed by atoms with E-state index in [9.17, 15) is 13.6 Å². The Labute approximate surface area is 134 Å². The van der Waals surface area contributed by atoms with Crippen molar-refractivity contribution in [1.29, 1.82) is 0 Å². The quantitative estimate of drug-likeness (QED) is 0.889. The van der Waals surface area contributed by atoms with Crippen molar-refractivity contribution < 1.29 is 18.3 Å². The Balaban J connectivity index is 0.00000242. The fraction of sp³-hybridized carbons (Fsp3) is 0.533. The lowest BCUT2D eigenvalue weighted by Crippen LogP contribution is -2.57. The van der Waals surface area contributed by atoms with Gasteiger partial charge in [-0.25, -0.2) is 8.78 Å². The highest BCUT2D eigenvalue weighted by Crippen LogP contribution is 2.24. The fourth-order valence-electron chi connectivity index (χ4n) is 2.45. The second kappa shape index (κ2) is 7.85. The first-order valence-corrected chi connectivity index (χ1v) is 7.09. The maximum atomic E-state index is 13.8. The number of ether oxygens (including phenoxy) is 1. The molecule has 1 aromatic rings. The molecule has 1 heterocycles. The van der Waals surface area contributed by atoms with Crippen LogP contribution in [0.5, 0.6) is 0 Å². The van der Waals surface area contributed by atoms with E-state index in [1.807, 2.05) is 6.92 Å². The van der Waals surface area contributed by atoms with Crippen molar-refractivity contribution in [3.05, 3.63) is 35.4 Å². The van der Waals surface area contributed by atoms with E-state index in [2.05, 4.69) is 5.32 Å². The second-order valence-corrected chi connectivity index (χ2v) is 5.37. The molecule has 1 amide bonds. The van der Waals surface area contributed by atoms with Crippen LogP contribution in [0.3, 0.4) is 0 Å². The molecule has 0 bridgehead atoms. The lowest BCUT2D eigenvalue weighted by Gasteiger charge is -2.33. The fourth-order valence-corrected chi connectivity index (χ4v) is 2.45. The van der Waals surface area contributed by atoms with Crippen molar-refractivity contribution in [2.24, 2.45) is 5.73 Å². The van der Waals surface area contributed by atoms with Gasteiger partial charge in [0.05, 0.1) is 11.6 Å². The van der Waals surface area contributed by atoms with Crippen molar-refractivity contribution in [2.45, 2.75) is 37.8 Å². The molecule has 124 valence electrons. The molecule has 0 radical (unpaired) electrons. The number of hydrogen-bond acceptors (Lipinski definition) is 3. The molecule has 7 heteroatoms. The van der Waals surface area contributed by atoms with Gasteiger partial charge in [0.15, 0.2) is 0 Å². The van der Waals surface area contributed by atoms with Crippen molar-refractivity contribution in [1.82, 2.24) is 5.32 Å². The van der Waals surface area contributed by atoms with E-state index in [4.69, 9.17) is 10.5 Å². The van der Waals surface area contributed by atoms with Gasteiger partial charge in [-0.15, -0.1) is 12.4 Å². The maximum absolute atomic E-state index is 13.8. The molecule has 1 unspecified atom stereocenters. The number of nitrogens with two attached hydrogens (primary N) is 1. The van der Waals surface area contributed by atoms with Crippen molar-refractivity contribution in [2.75, 3.05) is 13.2 Å². The van der Waals surface area contributed by atoms with E-state index >= 15 is 0 Å². The minimum Gasteiger partial charge on any atom is -0.381 e. The topological polar surface area (TPSA) is 64.4 Å². The van der Waals surface area contributed by atoms with Crippen molar-refractivity contribution >= 4 is 18.3 Å². The predicted octanol–water partition coefficient (Wildman–Crippen LogP) is 2.46. The summed E-state index contributed by atoms with van der Waals surface area (Å²) >= 11 is 0. The summed E-state index contributed by atoms with van der Waals surface area (Å²) < 4.78 is 32.0. The molecule has 1 saturated heterocycles. The first kappa shape index (κ1) is 18.8. The Bertz CT molecular complexity index is 522. The van der Waals surface area contributed by atoms with Gasteiger partial charge in [-0.1, -0.05) is 13.0 Å². The summed E-state index contributed by atoms with van der Waals surface area (Å²) in [6.45, 7) is 2.69. The molecule has 4 nitrogen and oxygen atoms in total. The van der Waals surface area contributed by atoms with Gasteiger partial charge in [0, 0.05) is 24.8 Å². The van der Waals surface area contributed by atoms with Gasteiger partial charge in [-0.05, 0) is 25.3 Å². The average molecular weight is 335 g/mol. The Morgan fingerprint density at radius 2 is 2.05 bits per heavy atom. The van der Waals surface area contributed by atoms with Gasteiger partial charge in [0.1, 0.15) is 11.6 Å². The van der Waals surface area contributed by atoms with Gasteiger partial charge < -0.3 is 15.8 Å². The standard InChI is InChI=1S/C15H20F2N2O2.ClH/c1-2-13(11-4-3-10(16)9-12(11)17)19-14(20)15(18)5-7-21-8-6-15;/h3-4,9,13H,2,5-8,18H2,1H3,(H,19,20);1H. The molecular weight excluding hydrogens is 314 g/mol. The number of halogens is 3. The summed E-state index contributed by atoms with van der Waals surface area (Å²) in [5, 5.41) is 2.77. The van der Waals surface area contributed by atoms with E-state index in [0.717, 1.165) is 6.07 Å². The van der Waals surface area contributed by atoms with Crippen LogP contribution in [-0.2, 0) is 9.53 Å². The van der Waals surface area contributed by atoms with Crippen LogP contribution in [0.15, 0.2) is 18.2 Å². The molecule has 1 aliphatic rings. The van der Waals surface area contributed by atoms with Crippen molar-refractivity contribution in [3.63, 3.8) is 0 Å². The SMILES string of the molecule is CCC(NC(=O)C1(N)CCOCC1)c1ccc(F)cc1F.Cl. The van der Waals surface area contributed by atoms with Crippen LogP contribution in [0.1, 0.15) is 37.8 Å². The van der Waals surface area contributed by atoms with Crippen molar-refractivity contribution in [3.8, 4) is 0 Å². The number of amides is 1. The highest BCUT2D eigenvalue weighted by molar-refractivity contribution is 5.86. The summed E-state index contributed by atoms with van der Waals surface area (Å²) in [5.41, 5.74) is 5.38. The molecule has 22 heavy (non-hydrogen) atoms. The zero-order chi connectivity index (χ0) is 15.5. The van der Waals surface area contributed by atoms with Crippen LogP contribution in [0.2, 0.25) is 0 Å². The van der Waals surface area contributed by atoms with E-state index in [1.54, 1.807) is 0 Å². The van der Waals surface area contributed by atoms with Crippen LogP contribution in [-0.4, -0.2) is 24.7 Å². The number of benzene rings is 1. The summed E-state index contributed by atoms with van der Waals surface area (Å²) in [5.74, 6) is -1.63. The Hall–Kier alpha value is -1.24. The molecular formula is C15H21ClF2N2O2. The third-order valence-electron chi connectivity index (χ3n) is 3.89. The normalized spacial score (nSPS) is 18.2. The first-order valence-electron chi connectivity index (χ1n) is 7.09. The van der Waals surface area contributed by atoms with Crippen LogP contribution in [0, 0.1) is 11.6 Å². The van der Waals surface area contributed by atoms with E-state index in [-0.39, 0.29) is 23.9 Å². The van der Waals surface area contributed by atoms with E-state index in [0.29, 0.717) is 32.5 Å². The smallest absolute Gasteiger partial charge is 0.240 e. The third kappa shape index (κ3) is 4.15. The number of carbonyl (C=O) groups excluding carboxylic acids is 1. The van der Waals surface area contributed by atoms with Crippen LogP contribution >= 0.6 is 12.4 Å². The molecule has 0 aliphatic carbocycles. The molecule has 0 spiro atoms. The monoisotopic (exact) mass is 334 g/mol. The van der Waals surface area contributed by atoms with Gasteiger partial charge in [0.25, 0.3) is 0 Å². The number of hydrogen-bond donors (Lipinski definition) is 2. The minimum atomic E-state index is -0.984. The average Bonchev–Trinajstić information content (AvgIpc) is 2.46. The summed E-state index contributed by atoms with van der Waals surface area (Å²) in [7, 11) is 0.